The van der Waals surface area contributed by atoms with E-state index in [1.165, 1.54) is 10.9 Å². The summed E-state index contributed by atoms with van der Waals surface area (Å²) in [7, 11) is 1.94. The van der Waals surface area contributed by atoms with Crippen LogP contribution in [-0.2, 0) is 14.3 Å². The van der Waals surface area contributed by atoms with Crippen LogP contribution in [0.3, 0.4) is 0 Å². The number of ether oxygens (including phenoxy) is 2. The summed E-state index contributed by atoms with van der Waals surface area (Å²) in [5.74, 6) is 0.837. The molecule has 1 N–H and O–H groups in total. The summed E-state index contributed by atoms with van der Waals surface area (Å²) in [5, 5.41) is 12.4. The van der Waals surface area contributed by atoms with Crippen molar-refractivity contribution in [2.45, 2.75) is 90.7 Å². The zero-order chi connectivity index (χ0) is 30.7. The monoisotopic (exact) mass is 583 g/mol. The molecule has 0 aromatic carbocycles. The van der Waals surface area contributed by atoms with Gasteiger partial charge < -0.3 is 24.6 Å². The van der Waals surface area contributed by atoms with Crippen molar-refractivity contribution in [3.63, 3.8) is 0 Å². The number of unbranched alkanes of at least 4 members (excludes halogenated alkanes) is 5. The molecule has 1 aliphatic heterocycles. The zero-order valence-corrected chi connectivity index (χ0v) is 25.6. The number of alkyl carbamates (subject to hydrolysis) is 1. The van der Waals surface area contributed by atoms with E-state index in [1.54, 1.807) is 11.1 Å². The molecular weight excluding hydrogens is 538 g/mol. The summed E-state index contributed by atoms with van der Waals surface area (Å²) in [6.45, 7) is 9.74. The van der Waals surface area contributed by atoms with Crippen molar-refractivity contribution < 1.29 is 23.9 Å². The van der Waals surface area contributed by atoms with Gasteiger partial charge in [-0.3, -0.25) is 4.79 Å². The molecule has 230 valence electrons. The summed E-state index contributed by atoms with van der Waals surface area (Å²) < 4.78 is 12.1. The van der Waals surface area contributed by atoms with Crippen LogP contribution >= 0.6 is 0 Å². The molecular formula is C30H45N7O5. The lowest BCUT2D eigenvalue weighted by molar-refractivity contribution is -0.131. The quantitative estimate of drug-likeness (QED) is 0.346. The number of amides is 2. The van der Waals surface area contributed by atoms with Gasteiger partial charge in [0, 0.05) is 32.9 Å². The fourth-order valence-corrected chi connectivity index (χ4v) is 5.15. The maximum absolute atomic E-state index is 12.8. The molecule has 0 spiro atoms. The van der Waals surface area contributed by atoms with Crippen LogP contribution in [-0.4, -0.2) is 82.5 Å². The fourth-order valence-electron chi connectivity index (χ4n) is 5.15. The molecule has 0 saturated carbocycles. The molecule has 1 saturated heterocycles. The van der Waals surface area contributed by atoms with Gasteiger partial charge >= 0.3 is 12.2 Å². The van der Waals surface area contributed by atoms with E-state index in [0.717, 1.165) is 50.3 Å². The molecule has 0 bridgehead atoms. The third kappa shape index (κ3) is 9.33. The largest absolute Gasteiger partial charge is 0.449 e. The summed E-state index contributed by atoms with van der Waals surface area (Å²) in [6, 6.07) is 3.77. The Bertz CT molecular complexity index is 1250. The number of nitriles is 1. The van der Waals surface area contributed by atoms with Crippen molar-refractivity contribution in [1.82, 2.24) is 24.8 Å². The van der Waals surface area contributed by atoms with Crippen LogP contribution < -0.4 is 10.2 Å². The molecule has 2 aromatic rings. The van der Waals surface area contributed by atoms with E-state index in [2.05, 4.69) is 22.2 Å². The molecule has 12 nitrogen and oxygen atoms in total. The Morgan fingerprint density at radius 3 is 2.57 bits per heavy atom. The van der Waals surface area contributed by atoms with Crippen molar-refractivity contribution in [1.29, 1.82) is 5.26 Å². The number of piperidine rings is 1. The molecule has 1 fully saturated rings. The second-order valence-electron chi connectivity index (χ2n) is 11.9. The number of fused-ring (bicyclic) bond motifs is 1. The number of hydrogen-bond donors (Lipinski definition) is 1. The Kier molecular flexibility index (Phi) is 11.9. The number of nitrogens with zero attached hydrogens (tertiary/aromatic N) is 6. The Hall–Kier alpha value is -3.88. The predicted molar refractivity (Wildman–Crippen MR) is 159 cm³/mol. The van der Waals surface area contributed by atoms with Crippen molar-refractivity contribution in [2.24, 2.45) is 5.92 Å². The van der Waals surface area contributed by atoms with Gasteiger partial charge in [0.15, 0.2) is 5.65 Å². The van der Waals surface area contributed by atoms with Crippen LogP contribution in [0.2, 0.25) is 0 Å². The number of aromatic nitrogens is 3. The van der Waals surface area contributed by atoms with E-state index >= 15 is 0 Å². The molecule has 42 heavy (non-hydrogen) atoms. The van der Waals surface area contributed by atoms with Crippen molar-refractivity contribution in [3.05, 3.63) is 18.6 Å². The summed E-state index contributed by atoms with van der Waals surface area (Å²) in [5.41, 5.74) is -0.0207. The molecule has 0 unspecified atom stereocenters. The topological polar surface area (TPSA) is 143 Å². The number of rotatable bonds is 12. The minimum Gasteiger partial charge on any atom is -0.449 e. The minimum atomic E-state index is -0.491. The highest BCUT2D eigenvalue weighted by Crippen LogP contribution is 2.29. The Morgan fingerprint density at radius 1 is 1.14 bits per heavy atom. The highest BCUT2D eigenvalue weighted by molar-refractivity contribution is 5.93. The average Bonchev–Trinajstić information content (AvgIpc) is 3.37. The number of likely N-dealkylation sites (N-methyl/N-ethyl adjacent to an activating group) is 1. The number of nitrogens with one attached hydrogen (secondary N) is 1. The predicted octanol–water partition coefficient (Wildman–Crippen LogP) is 4.87. The highest BCUT2D eigenvalue weighted by Gasteiger charge is 2.33. The lowest BCUT2D eigenvalue weighted by Gasteiger charge is -2.42. The van der Waals surface area contributed by atoms with E-state index in [9.17, 15) is 14.4 Å². The maximum atomic E-state index is 12.8. The van der Waals surface area contributed by atoms with Gasteiger partial charge in [0.1, 0.15) is 24.2 Å². The van der Waals surface area contributed by atoms with E-state index in [0.29, 0.717) is 43.6 Å². The van der Waals surface area contributed by atoms with E-state index in [4.69, 9.17) is 14.7 Å². The number of hydrogen-bond acceptors (Lipinski definition) is 9. The first-order valence-electron chi connectivity index (χ1n) is 14.9. The third-order valence-corrected chi connectivity index (χ3v) is 7.46. The van der Waals surface area contributed by atoms with E-state index in [1.807, 2.05) is 44.9 Å². The lowest BCUT2D eigenvalue weighted by atomic mass is 9.92. The van der Waals surface area contributed by atoms with E-state index < -0.39 is 11.7 Å². The van der Waals surface area contributed by atoms with Crippen LogP contribution in [0.4, 0.5) is 15.4 Å². The molecule has 3 heterocycles. The average molecular weight is 584 g/mol. The SMILES string of the molecule is C[C@@H]1CCN(C(=O)CC#N)C[C@@H]1N(C)c1ncnc2c1ccn2C(=O)OCCCCCCCCNC(=O)OC(C)(C)C. The van der Waals surface area contributed by atoms with Gasteiger partial charge in [0.2, 0.25) is 5.91 Å². The number of likely N-dealkylation sites (tertiary alicyclic amines) is 1. The van der Waals surface area contributed by atoms with Crippen molar-refractivity contribution >= 4 is 34.9 Å². The second kappa shape index (κ2) is 15.4. The first-order chi connectivity index (χ1) is 20.0. The van der Waals surface area contributed by atoms with E-state index in [-0.39, 0.29) is 24.5 Å². The van der Waals surface area contributed by atoms with Crippen LogP contribution in [0.5, 0.6) is 0 Å². The first kappa shape index (κ1) is 32.6. The highest BCUT2D eigenvalue weighted by atomic mass is 16.6. The van der Waals surface area contributed by atoms with Crippen molar-refractivity contribution in [2.75, 3.05) is 38.2 Å². The third-order valence-electron chi connectivity index (χ3n) is 7.46. The number of carbonyl (C=O) groups excluding carboxylic acids is 3. The van der Waals surface area contributed by atoms with Crippen LogP contribution in [0, 0.1) is 17.2 Å². The molecule has 12 heteroatoms. The molecule has 2 aromatic heterocycles. The second-order valence-corrected chi connectivity index (χ2v) is 11.9. The zero-order valence-electron chi connectivity index (χ0n) is 25.6. The lowest BCUT2D eigenvalue weighted by Crippen LogP contribution is -2.52. The van der Waals surface area contributed by atoms with Crippen molar-refractivity contribution in [3.8, 4) is 6.07 Å². The Labute approximate surface area is 248 Å². The summed E-state index contributed by atoms with van der Waals surface area (Å²) >= 11 is 0. The van der Waals surface area contributed by atoms with Crippen LogP contribution in [0.15, 0.2) is 18.6 Å². The van der Waals surface area contributed by atoms with Gasteiger partial charge in [-0.05, 0) is 52.0 Å². The minimum absolute atomic E-state index is 0.0102. The van der Waals surface area contributed by atoms with Gasteiger partial charge in [-0.2, -0.15) is 5.26 Å². The van der Waals surface area contributed by atoms with Crippen LogP contribution in [0.25, 0.3) is 11.0 Å². The smallest absolute Gasteiger partial charge is 0.419 e. The number of anilines is 1. The maximum Gasteiger partial charge on any atom is 0.419 e. The Morgan fingerprint density at radius 2 is 1.86 bits per heavy atom. The Balaban J connectivity index is 1.43. The van der Waals surface area contributed by atoms with Gasteiger partial charge in [-0.25, -0.2) is 24.1 Å². The molecule has 3 rings (SSSR count). The summed E-state index contributed by atoms with van der Waals surface area (Å²) in [4.78, 5) is 49.5. The molecule has 0 aliphatic carbocycles. The van der Waals surface area contributed by atoms with Gasteiger partial charge in [0.05, 0.1) is 24.1 Å². The molecule has 0 radical (unpaired) electrons. The normalized spacial score (nSPS) is 17.0. The molecule has 2 amide bonds. The first-order valence-corrected chi connectivity index (χ1v) is 14.9. The molecule has 1 aliphatic rings. The summed E-state index contributed by atoms with van der Waals surface area (Å²) in [6.07, 6.45) is 8.62. The van der Waals surface area contributed by atoms with Gasteiger partial charge in [-0.15, -0.1) is 0 Å². The van der Waals surface area contributed by atoms with Gasteiger partial charge in [0.25, 0.3) is 0 Å². The van der Waals surface area contributed by atoms with Gasteiger partial charge in [-0.1, -0.05) is 32.6 Å². The number of carbonyl (C=O) groups is 3. The van der Waals surface area contributed by atoms with Crippen LogP contribution in [0.1, 0.15) is 79.1 Å². The standard InChI is InChI=1S/C30H45N7O5/c1-22-13-17-36(25(38)12-15-31)20-24(22)35(5)26-23-14-18-37(27(23)34-21-33-26)29(40)41-19-11-9-7-6-8-10-16-32-28(39)42-30(2,3)4/h14,18,21-22,24H,6-13,16-17,19-20H2,1-5H3,(H,32,39)/t22-,24+/m1/s1. The molecule has 2 atom stereocenters. The fraction of sp³-hybridized carbons (Fsp3) is 0.667.